The lowest BCUT2D eigenvalue weighted by atomic mass is 9.96. The number of quaternary nitrogens is 4. The maximum Gasteiger partial charge on any atom is 0.309 e. The Morgan fingerprint density at radius 3 is 0.917 bits per heavy atom. The Morgan fingerprint density at radius 1 is 0.517 bits per heavy atom. The number of carboxylic acid groups (broad SMARTS) is 4. The van der Waals surface area contributed by atoms with Gasteiger partial charge in [0.2, 0.25) is 0 Å². The van der Waals surface area contributed by atoms with E-state index in [-0.39, 0.29) is 30.9 Å². The molecular formula is C38H76N4O18. The Balaban J connectivity index is -0.000000155. The number of nitrogens with zero attached hydrogens (tertiary/aromatic N) is 4. The van der Waals surface area contributed by atoms with Crippen molar-refractivity contribution in [3.63, 3.8) is 0 Å². The van der Waals surface area contributed by atoms with Crippen LogP contribution in [0, 0.1) is 0 Å². The Labute approximate surface area is 356 Å². The molecule has 356 valence electrons. The van der Waals surface area contributed by atoms with Gasteiger partial charge in [-0.05, 0) is 13.3 Å². The molecule has 0 bridgehead atoms. The molecule has 2 N–H and O–H groups in total. The molecule has 0 aliphatic heterocycles. The number of hydrogen-bond donors (Lipinski definition) is 2. The molecule has 0 aromatic carbocycles. The molecule has 0 aliphatic carbocycles. The van der Waals surface area contributed by atoms with E-state index in [0.29, 0.717) is 30.8 Å². The monoisotopic (exact) mass is 877 g/mol. The average Bonchev–Trinajstić information content (AvgIpc) is 2.98. The largest absolute Gasteiger partial charge is 0.550 e. The predicted octanol–water partition coefficient (Wildman–Crippen LogP) is -5.72. The molecule has 0 saturated carbocycles. The third kappa shape index (κ3) is 71.2. The molecule has 0 aromatic heterocycles. The molecule has 0 spiro atoms. The summed E-state index contributed by atoms with van der Waals surface area (Å²) in [6.45, 7) is 11.4. The number of carboxylic acids is 4. The maximum absolute atomic E-state index is 11.3. The van der Waals surface area contributed by atoms with Gasteiger partial charge in [0.1, 0.15) is 58.2 Å². The first-order valence-electron chi connectivity index (χ1n) is 18.6. The van der Waals surface area contributed by atoms with Crippen LogP contribution in [-0.2, 0) is 57.3 Å². The van der Waals surface area contributed by atoms with Crippen molar-refractivity contribution in [1.29, 1.82) is 0 Å². The smallest absolute Gasteiger partial charge is 0.309 e. The summed E-state index contributed by atoms with van der Waals surface area (Å²) in [7, 11) is 24.1. The Bertz CT molecular complexity index is 1190. The van der Waals surface area contributed by atoms with E-state index in [1.54, 1.807) is 6.92 Å². The van der Waals surface area contributed by atoms with Crippen LogP contribution in [0.2, 0.25) is 0 Å². The van der Waals surface area contributed by atoms with Gasteiger partial charge in [0.15, 0.2) is 0 Å². The van der Waals surface area contributed by atoms with Crippen molar-refractivity contribution < 1.29 is 106 Å². The van der Waals surface area contributed by atoms with Crippen LogP contribution in [0.15, 0.2) is 0 Å². The molecule has 0 aromatic rings. The first kappa shape index (κ1) is 67.3. The molecule has 0 fully saturated rings. The van der Waals surface area contributed by atoms with Gasteiger partial charge < -0.3 is 86.7 Å². The Kier molecular flexibility index (Phi) is 38.4. The number of aliphatic carboxylic acids is 4. The zero-order valence-electron chi connectivity index (χ0n) is 39.1. The number of aliphatic hydroxyl groups is 2. The first-order chi connectivity index (χ1) is 26.6. The summed E-state index contributed by atoms with van der Waals surface area (Å²) in [5, 5.41) is 57.2. The molecule has 0 aliphatic rings. The lowest BCUT2D eigenvalue weighted by molar-refractivity contribution is -0.870. The molecule has 0 radical (unpaired) electrons. The third-order valence-electron chi connectivity index (χ3n) is 6.14. The number of esters is 4. The van der Waals surface area contributed by atoms with Crippen LogP contribution in [0.4, 0.5) is 0 Å². The van der Waals surface area contributed by atoms with Gasteiger partial charge >= 0.3 is 23.9 Å². The number of ether oxygens (including phenoxy) is 4. The highest BCUT2D eigenvalue weighted by Crippen LogP contribution is 2.15. The fourth-order valence-electron chi connectivity index (χ4n) is 2.73. The normalized spacial score (nSPS) is 12.2. The van der Waals surface area contributed by atoms with E-state index < -0.39 is 54.4 Å². The molecule has 2 unspecified atom stereocenters. The number of likely N-dealkylation sites (N-methyl/N-ethyl adjacent to an activating group) is 4. The second kappa shape index (κ2) is 34.3. The SMILES string of the molecule is CC(=O)OCC[N+](C)(C)C.CC(=O)OCC[N+](C)(C)C.CC(=O)OCC[N+](C)(C)C.CC(=O)[O-].CCC(O)C(=O)[O-].C[N+](C)(C)CCOC(=O)CC(O)(CC(=O)[O-])C(=O)[O-]. The van der Waals surface area contributed by atoms with Crippen LogP contribution in [0.5, 0.6) is 0 Å². The van der Waals surface area contributed by atoms with Gasteiger partial charge in [-0.15, -0.1) is 0 Å². The zero-order chi connectivity index (χ0) is 49.3. The third-order valence-corrected chi connectivity index (χ3v) is 6.14. The first-order valence-corrected chi connectivity index (χ1v) is 18.6. The number of carbonyl (C=O) groups excluding carboxylic acids is 8. The summed E-state index contributed by atoms with van der Waals surface area (Å²) in [6.07, 6.45) is -3.32. The number of carbonyl (C=O) groups is 8. The summed E-state index contributed by atoms with van der Waals surface area (Å²) < 4.78 is 22.0. The van der Waals surface area contributed by atoms with Crippen LogP contribution in [0.25, 0.3) is 0 Å². The molecule has 0 heterocycles. The van der Waals surface area contributed by atoms with Crippen molar-refractivity contribution in [2.45, 2.75) is 65.6 Å². The summed E-state index contributed by atoms with van der Waals surface area (Å²) >= 11 is 0. The average molecular weight is 877 g/mol. The van der Waals surface area contributed by atoms with Gasteiger partial charge in [-0.1, -0.05) is 6.92 Å². The number of hydrogen-bond acceptors (Lipinski definition) is 18. The van der Waals surface area contributed by atoms with Gasteiger partial charge in [0.25, 0.3) is 0 Å². The van der Waals surface area contributed by atoms with Crippen molar-refractivity contribution in [3.8, 4) is 0 Å². The zero-order valence-corrected chi connectivity index (χ0v) is 39.1. The van der Waals surface area contributed by atoms with Gasteiger partial charge in [0.05, 0.1) is 109 Å². The number of rotatable bonds is 19. The summed E-state index contributed by atoms with van der Waals surface area (Å²) in [6, 6.07) is 0. The maximum atomic E-state index is 11.3. The fraction of sp³-hybridized carbons (Fsp3) is 0.789. The van der Waals surface area contributed by atoms with Crippen molar-refractivity contribution in [3.05, 3.63) is 0 Å². The highest BCUT2D eigenvalue weighted by molar-refractivity contribution is 5.87. The van der Waals surface area contributed by atoms with E-state index in [0.717, 1.165) is 40.0 Å². The van der Waals surface area contributed by atoms with Crippen molar-refractivity contribution in [2.75, 3.05) is 137 Å². The summed E-state index contributed by atoms with van der Waals surface area (Å²) in [5.41, 5.74) is -2.81. The molecule has 22 heteroatoms. The Morgan fingerprint density at radius 2 is 0.767 bits per heavy atom. The van der Waals surface area contributed by atoms with E-state index in [4.69, 9.17) is 34.0 Å². The summed E-state index contributed by atoms with van der Waals surface area (Å²) in [4.78, 5) is 81.7. The molecule has 0 amide bonds. The molecule has 22 nitrogen and oxygen atoms in total. The predicted molar refractivity (Wildman–Crippen MR) is 209 cm³/mol. The van der Waals surface area contributed by atoms with Crippen molar-refractivity contribution in [2.24, 2.45) is 0 Å². The van der Waals surface area contributed by atoms with Crippen LogP contribution in [-0.4, -0.2) is 225 Å². The topological polar surface area (TPSA) is 306 Å². The van der Waals surface area contributed by atoms with Crippen LogP contribution in [0.3, 0.4) is 0 Å². The van der Waals surface area contributed by atoms with E-state index >= 15 is 0 Å². The lowest BCUT2D eigenvalue weighted by Gasteiger charge is -2.29. The van der Waals surface area contributed by atoms with Gasteiger partial charge in [-0.2, -0.15) is 0 Å². The van der Waals surface area contributed by atoms with E-state index in [2.05, 4.69) is 63.4 Å². The van der Waals surface area contributed by atoms with Gasteiger partial charge in [-0.3, -0.25) is 19.2 Å². The second-order valence-electron chi connectivity index (χ2n) is 17.1. The quantitative estimate of drug-likeness (QED) is 0.0694. The minimum atomic E-state index is -2.81. The van der Waals surface area contributed by atoms with E-state index in [9.17, 15) is 54.0 Å². The lowest BCUT2D eigenvalue weighted by Crippen LogP contribution is -2.53. The van der Waals surface area contributed by atoms with Gasteiger partial charge in [0, 0.05) is 39.1 Å². The standard InChI is InChI=1S/C11H19NO7.3C7H16NO2.C4H8O3.C2H4O2/c1-12(2,3)4-5-19-9(15)7-11(18,10(16)17)6-8(13)14;3*1-7(9)10-6-5-8(2,3)4;1-2-3(5)4(6)7;1-2(3)4/h18H,4-7H2,1-3H3,(H-,13,14,16,17);3*5-6H2,1-4H3;3,5H,2H2,1H3,(H,6,7);1H3,(H,3,4)/q;3*+1;;/p-3. The highest BCUT2D eigenvalue weighted by Gasteiger charge is 2.33. The van der Waals surface area contributed by atoms with Crippen LogP contribution >= 0.6 is 0 Å². The van der Waals surface area contributed by atoms with Crippen molar-refractivity contribution >= 4 is 47.8 Å². The van der Waals surface area contributed by atoms with E-state index in [1.807, 2.05) is 21.1 Å². The summed E-state index contributed by atoms with van der Waals surface area (Å²) in [5.74, 6) is -7.95. The second-order valence-corrected chi connectivity index (χ2v) is 17.1. The molecule has 0 rings (SSSR count). The molecule has 60 heavy (non-hydrogen) atoms. The van der Waals surface area contributed by atoms with Crippen LogP contribution < -0.4 is 20.4 Å². The molecular weight excluding hydrogens is 800 g/mol. The Hall–Kier alpha value is -4.48. The number of aliphatic hydroxyl groups excluding tert-OH is 1. The van der Waals surface area contributed by atoms with E-state index in [1.165, 1.54) is 20.8 Å². The molecule has 0 saturated heterocycles. The van der Waals surface area contributed by atoms with Crippen molar-refractivity contribution in [1.82, 2.24) is 0 Å². The van der Waals surface area contributed by atoms with Gasteiger partial charge in [-0.25, -0.2) is 0 Å². The minimum Gasteiger partial charge on any atom is -0.550 e. The van der Waals surface area contributed by atoms with Crippen LogP contribution in [0.1, 0.15) is 53.9 Å². The fourth-order valence-corrected chi connectivity index (χ4v) is 2.73. The minimum absolute atomic E-state index is 0.0246. The molecule has 2 atom stereocenters. The highest BCUT2D eigenvalue weighted by atomic mass is 16.5.